The van der Waals surface area contributed by atoms with Gasteiger partial charge in [-0.15, -0.1) is 0 Å². The lowest BCUT2D eigenvalue weighted by Crippen LogP contribution is -2.55. The quantitative estimate of drug-likeness (QED) is 0.172. The second-order valence-electron chi connectivity index (χ2n) is 11.1. The van der Waals surface area contributed by atoms with Crippen LogP contribution in [0.1, 0.15) is 80.6 Å². The molecule has 246 valence electrons. The fourth-order valence-corrected chi connectivity index (χ4v) is 5.05. The molecule has 0 saturated heterocycles. The maximum absolute atomic E-state index is 14.0. The number of hydrogen-bond donors (Lipinski definition) is 5. The number of benzene rings is 3. The average Bonchev–Trinajstić information content (AvgIpc) is 3.02. The number of nitrogens with zero attached hydrogens (tertiary/aromatic N) is 1. The Bertz CT molecular complexity index is 1510. The Hall–Kier alpha value is -4.68. The molecule has 0 unspecified atom stereocenters. The van der Waals surface area contributed by atoms with Gasteiger partial charge in [0, 0.05) is 41.4 Å². The van der Waals surface area contributed by atoms with Crippen molar-refractivity contribution in [3.05, 3.63) is 106 Å². The molecule has 3 aromatic rings. The van der Waals surface area contributed by atoms with E-state index in [-0.39, 0.29) is 28.7 Å². The molecule has 6 N–H and O–H groups in total. The lowest BCUT2D eigenvalue weighted by molar-refractivity contribution is -0.0187. The highest BCUT2D eigenvalue weighted by atomic mass is 19.1. The Labute approximate surface area is 266 Å². The number of nitrogens with two attached hydrogens (primary N) is 1. The molecule has 0 spiro atoms. The summed E-state index contributed by atoms with van der Waals surface area (Å²) in [7, 11) is 0. The van der Waals surface area contributed by atoms with Gasteiger partial charge in [-0.2, -0.15) is 0 Å². The fourth-order valence-electron chi connectivity index (χ4n) is 5.05. The van der Waals surface area contributed by atoms with Crippen LogP contribution < -0.4 is 16.4 Å². The topological polar surface area (TPSA) is 162 Å². The smallest absolute Gasteiger partial charge is 0.253 e. The molecule has 0 aliphatic carbocycles. The zero-order valence-electron chi connectivity index (χ0n) is 26.0. The van der Waals surface area contributed by atoms with Crippen LogP contribution in [0.4, 0.5) is 8.78 Å². The van der Waals surface area contributed by atoms with Crippen molar-refractivity contribution in [2.75, 3.05) is 13.1 Å². The van der Waals surface area contributed by atoms with Crippen LogP contribution in [0.5, 0.6) is 0 Å². The van der Waals surface area contributed by atoms with Crippen molar-refractivity contribution in [3.63, 3.8) is 0 Å². The van der Waals surface area contributed by atoms with Gasteiger partial charge in [0.1, 0.15) is 23.8 Å². The van der Waals surface area contributed by atoms with E-state index in [0.717, 1.165) is 12.1 Å². The number of aliphatic hydroxyl groups excluding tert-OH is 2. The monoisotopic (exact) mass is 638 g/mol. The van der Waals surface area contributed by atoms with Gasteiger partial charge in [0.15, 0.2) is 0 Å². The largest absolute Gasteiger partial charge is 0.388 e. The Morgan fingerprint density at radius 2 is 1.30 bits per heavy atom. The zero-order valence-corrected chi connectivity index (χ0v) is 26.0. The third kappa shape index (κ3) is 9.66. The second-order valence-corrected chi connectivity index (χ2v) is 11.1. The van der Waals surface area contributed by atoms with E-state index < -0.39 is 59.6 Å². The maximum atomic E-state index is 14.0. The van der Waals surface area contributed by atoms with Crippen LogP contribution in [-0.4, -0.2) is 76.1 Å². The molecule has 0 aromatic heterocycles. The van der Waals surface area contributed by atoms with E-state index >= 15 is 0 Å². The minimum atomic E-state index is -1.76. The summed E-state index contributed by atoms with van der Waals surface area (Å²) in [6, 6.07) is 12.2. The third-order valence-electron chi connectivity index (χ3n) is 7.36. The summed E-state index contributed by atoms with van der Waals surface area (Å²) in [6.45, 7) is 6.16. The van der Waals surface area contributed by atoms with E-state index in [9.17, 15) is 38.2 Å². The molecule has 46 heavy (non-hydrogen) atoms. The Balaban J connectivity index is 1.94. The Morgan fingerprint density at radius 1 is 0.761 bits per heavy atom. The number of hydrogen-bond acceptors (Lipinski definition) is 6. The van der Waals surface area contributed by atoms with Crippen molar-refractivity contribution in [2.45, 2.75) is 64.3 Å². The molecule has 0 aliphatic heterocycles. The first-order valence-electron chi connectivity index (χ1n) is 15.1. The number of nitrogens with one attached hydrogen (secondary N) is 2. The van der Waals surface area contributed by atoms with Gasteiger partial charge in [0.25, 0.3) is 17.7 Å². The number of amides is 4. The molecular formula is C34H40F2N4O6. The molecule has 3 rings (SSSR count). The normalized spacial score (nSPS) is 13.6. The molecule has 0 aliphatic rings. The van der Waals surface area contributed by atoms with Gasteiger partial charge in [-0.3, -0.25) is 19.2 Å². The molecule has 3 aromatic carbocycles. The van der Waals surface area contributed by atoms with Gasteiger partial charge in [0.2, 0.25) is 5.91 Å². The van der Waals surface area contributed by atoms with E-state index in [4.69, 9.17) is 5.73 Å². The molecule has 0 saturated carbocycles. The van der Waals surface area contributed by atoms with Gasteiger partial charge in [-0.1, -0.05) is 32.0 Å². The summed E-state index contributed by atoms with van der Waals surface area (Å²) in [5.74, 6) is -4.45. The predicted octanol–water partition coefficient (Wildman–Crippen LogP) is 3.21. The van der Waals surface area contributed by atoms with Gasteiger partial charge in [-0.05, 0) is 74.2 Å². The summed E-state index contributed by atoms with van der Waals surface area (Å²) >= 11 is 0. The van der Waals surface area contributed by atoms with Crippen molar-refractivity contribution in [1.82, 2.24) is 15.5 Å². The fraction of sp³-hybridized carbons (Fsp3) is 0.353. The van der Waals surface area contributed by atoms with Crippen LogP contribution in [0.15, 0.2) is 66.7 Å². The SMILES string of the molecule is CCCN(CCC)C(=O)c1cc(C(N)=O)cc(C(=O)N[C@H](Cc2cc(F)cc(F)c2)[C@@H](O)[C@H](O)[C@H](C)NC(=O)c2ccccc2)c1. The minimum Gasteiger partial charge on any atom is -0.388 e. The molecule has 0 heterocycles. The summed E-state index contributed by atoms with van der Waals surface area (Å²) in [6.07, 6.45) is -2.38. The Morgan fingerprint density at radius 3 is 1.87 bits per heavy atom. The molecule has 12 heteroatoms. The van der Waals surface area contributed by atoms with Crippen molar-refractivity contribution >= 4 is 23.6 Å². The van der Waals surface area contributed by atoms with Gasteiger partial charge in [-0.25, -0.2) is 8.78 Å². The second kappa shape index (κ2) is 16.6. The summed E-state index contributed by atoms with van der Waals surface area (Å²) < 4.78 is 28.1. The molecule has 4 amide bonds. The minimum absolute atomic E-state index is 0.0462. The van der Waals surface area contributed by atoms with Gasteiger partial charge < -0.3 is 31.5 Å². The van der Waals surface area contributed by atoms with Crippen molar-refractivity contribution in [3.8, 4) is 0 Å². The van der Waals surface area contributed by atoms with Crippen LogP contribution in [0.25, 0.3) is 0 Å². The van der Waals surface area contributed by atoms with Crippen LogP contribution >= 0.6 is 0 Å². The highest BCUT2D eigenvalue weighted by Crippen LogP contribution is 2.18. The molecule has 0 fully saturated rings. The third-order valence-corrected chi connectivity index (χ3v) is 7.36. The number of rotatable bonds is 15. The van der Waals surface area contributed by atoms with Crippen molar-refractivity contribution in [1.29, 1.82) is 0 Å². The first kappa shape index (κ1) is 35.8. The van der Waals surface area contributed by atoms with E-state index in [2.05, 4.69) is 10.6 Å². The first-order chi connectivity index (χ1) is 21.8. The molecule has 10 nitrogen and oxygen atoms in total. The van der Waals surface area contributed by atoms with Crippen molar-refractivity contribution in [2.24, 2.45) is 5.73 Å². The van der Waals surface area contributed by atoms with Crippen LogP contribution in [-0.2, 0) is 6.42 Å². The number of halogens is 2. The molecule has 0 bridgehead atoms. The lowest BCUT2D eigenvalue weighted by atomic mass is 9.93. The average molecular weight is 639 g/mol. The van der Waals surface area contributed by atoms with Gasteiger partial charge >= 0.3 is 0 Å². The number of primary amides is 1. The number of aliphatic hydroxyl groups is 2. The van der Waals surface area contributed by atoms with E-state index in [0.29, 0.717) is 37.6 Å². The summed E-state index contributed by atoms with van der Waals surface area (Å²) in [5.41, 5.74) is 5.68. The van der Waals surface area contributed by atoms with E-state index in [1.165, 1.54) is 25.1 Å². The highest BCUT2D eigenvalue weighted by Gasteiger charge is 2.33. The van der Waals surface area contributed by atoms with E-state index in [1.54, 1.807) is 35.2 Å². The maximum Gasteiger partial charge on any atom is 0.253 e. The van der Waals surface area contributed by atoms with Gasteiger partial charge in [0.05, 0.1) is 12.1 Å². The summed E-state index contributed by atoms with van der Waals surface area (Å²) in [4.78, 5) is 53.3. The number of carbonyl (C=O) groups excluding carboxylic acids is 4. The number of carbonyl (C=O) groups is 4. The van der Waals surface area contributed by atoms with Crippen LogP contribution in [0.2, 0.25) is 0 Å². The highest BCUT2D eigenvalue weighted by molar-refractivity contribution is 6.04. The van der Waals surface area contributed by atoms with Crippen LogP contribution in [0, 0.1) is 11.6 Å². The molecular weight excluding hydrogens is 598 g/mol. The van der Waals surface area contributed by atoms with Crippen LogP contribution in [0.3, 0.4) is 0 Å². The standard InChI is InChI=1S/C34H40F2N4O6/c1-4-11-40(12-5-2)34(46)25-17-23(31(37)43)16-24(18-25)33(45)39-28(15-21-13-26(35)19-27(36)14-21)30(42)29(41)20(3)38-32(44)22-9-7-6-8-10-22/h6-10,13-14,16-20,28-30,41-42H,4-5,11-12,15H2,1-3H3,(H2,37,43)(H,38,44)(H,39,45)/t20-,28+,29+,30+/m0/s1. The zero-order chi connectivity index (χ0) is 34.0. The van der Waals surface area contributed by atoms with E-state index in [1.807, 2.05) is 13.8 Å². The first-order valence-corrected chi connectivity index (χ1v) is 15.1. The van der Waals surface area contributed by atoms with Crippen molar-refractivity contribution < 1.29 is 38.2 Å². The molecule has 4 atom stereocenters. The Kier molecular flexibility index (Phi) is 12.9. The lowest BCUT2D eigenvalue weighted by Gasteiger charge is -2.31. The summed E-state index contributed by atoms with van der Waals surface area (Å²) in [5, 5.41) is 27.5. The molecule has 0 radical (unpaired) electrons. The predicted molar refractivity (Wildman–Crippen MR) is 168 cm³/mol.